The van der Waals surface area contributed by atoms with Crippen LogP contribution in [0.4, 0.5) is 5.13 Å². The van der Waals surface area contributed by atoms with Crippen LogP contribution in [-0.2, 0) is 0 Å². The Kier molecular flexibility index (Phi) is 3.57. The van der Waals surface area contributed by atoms with E-state index >= 15 is 0 Å². The number of thiazole rings is 1. The Bertz CT molecular complexity index is 602. The quantitative estimate of drug-likeness (QED) is 0.890. The van der Waals surface area contributed by atoms with Gasteiger partial charge in [-0.05, 0) is 12.1 Å². The lowest BCUT2D eigenvalue weighted by molar-refractivity contribution is 0.0702. The number of hydrogen-bond acceptors (Lipinski definition) is 6. The van der Waals surface area contributed by atoms with Crippen molar-refractivity contribution >= 4 is 22.4 Å². The van der Waals surface area contributed by atoms with Gasteiger partial charge in [0, 0.05) is 11.6 Å². The number of carboxylic acids is 1. The number of aromatic carboxylic acids is 1. The molecule has 0 aliphatic heterocycles. The van der Waals surface area contributed by atoms with Crippen molar-refractivity contribution in [2.75, 3.05) is 20.0 Å². The van der Waals surface area contributed by atoms with Crippen LogP contribution in [0.25, 0.3) is 11.3 Å². The summed E-state index contributed by atoms with van der Waals surface area (Å²) in [5.74, 6) is 0.0421. The largest absolute Gasteiger partial charge is 0.497 e. The van der Waals surface area contributed by atoms with Crippen molar-refractivity contribution in [3.63, 3.8) is 0 Å². The molecule has 100 valence electrons. The van der Waals surface area contributed by atoms with Crippen LogP contribution in [0.3, 0.4) is 0 Å². The molecule has 6 nitrogen and oxygen atoms in total. The van der Waals surface area contributed by atoms with Crippen molar-refractivity contribution in [3.8, 4) is 22.8 Å². The zero-order chi connectivity index (χ0) is 14.0. The summed E-state index contributed by atoms with van der Waals surface area (Å²) in [6, 6.07) is 5.06. The molecule has 0 saturated carbocycles. The number of ether oxygens (including phenoxy) is 2. The molecule has 0 aliphatic rings. The van der Waals surface area contributed by atoms with Crippen LogP contribution in [0, 0.1) is 0 Å². The first kappa shape index (κ1) is 13.2. The highest BCUT2D eigenvalue weighted by molar-refractivity contribution is 7.17. The molecule has 0 saturated heterocycles. The third-order valence-electron chi connectivity index (χ3n) is 2.46. The lowest BCUT2D eigenvalue weighted by Crippen LogP contribution is -1.96. The lowest BCUT2D eigenvalue weighted by atomic mass is 10.1. The molecule has 2 rings (SSSR count). The Morgan fingerprint density at radius 3 is 2.32 bits per heavy atom. The molecular formula is C12H12N2O4S. The first-order chi connectivity index (χ1) is 9.05. The Labute approximate surface area is 113 Å². The Balaban J connectivity index is 2.60. The molecule has 0 spiro atoms. The number of benzene rings is 1. The number of rotatable bonds is 4. The van der Waals surface area contributed by atoms with Crippen molar-refractivity contribution in [1.29, 1.82) is 0 Å². The summed E-state index contributed by atoms with van der Waals surface area (Å²) in [7, 11) is 3.04. The summed E-state index contributed by atoms with van der Waals surface area (Å²) in [4.78, 5) is 15.3. The fourth-order valence-corrected chi connectivity index (χ4v) is 2.31. The van der Waals surface area contributed by atoms with Crippen LogP contribution >= 0.6 is 11.3 Å². The molecule has 3 N–H and O–H groups in total. The third kappa shape index (κ3) is 2.60. The SMILES string of the molecule is COc1cc(OC)cc(-c2nc(N)sc2C(=O)O)c1. The monoisotopic (exact) mass is 280 g/mol. The van der Waals surface area contributed by atoms with Crippen molar-refractivity contribution in [2.45, 2.75) is 0 Å². The van der Waals surface area contributed by atoms with E-state index in [9.17, 15) is 4.79 Å². The van der Waals surface area contributed by atoms with Gasteiger partial charge in [0.2, 0.25) is 0 Å². The summed E-state index contributed by atoms with van der Waals surface area (Å²) in [6.07, 6.45) is 0. The first-order valence-electron chi connectivity index (χ1n) is 5.28. The van der Waals surface area contributed by atoms with Crippen LogP contribution in [0.1, 0.15) is 9.67 Å². The van der Waals surface area contributed by atoms with E-state index in [-0.39, 0.29) is 10.0 Å². The molecule has 7 heteroatoms. The van der Waals surface area contributed by atoms with E-state index in [1.165, 1.54) is 14.2 Å². The minimum Gasteiger partial charge on any atom is -0.497 e. The Morgan fingerprint density at radius 2 is 1.84 bits per heavy atom. The maximum atomic E-state index is 11.2. The molecule has 1 heterocycles. The second-order valence-electron chi connectivity index (χ2n) is 3.64. The van der Waals surface area contributed by atoms with Crippen molar-refractivity contribution in [3.05, 3.63) is 23.1 Å². The van der Waals surface area contributed by atoms with Gasteiger partial charge in [0.15, 0.2) is 5.13 Å². The van der Waals surface area contributed by atoms with Gasteiger partial charge in [0.25, 0.3) is 0 Å². The zero-order valence-corrected chi connectivity index (χ0v) is 11.2. The molecule has 0 amide bonds. The topological polar surface area (TPSA) is 94.7 Å². The van der Waals surface area contributed by atoms with E-state index in [1.807, 2.05) is 0 Å². The maximum absolute atomic E-state index is 11.2. The van der Waals surface area contributed by atoms with Gasteiger partial charge in [-0.1, -0.05) is 11.3 Å². The van der Waals surface area contributed by atoms with Crippen molar-refractivity contribution < 1.29 is 19.4 Å². The van der Waals surface area contributed by atoms with Crippen LogP contribution in [0.15, 0.2) is 18.2 Å². The van der Waals surface area contributed by atoms with Gasteiger partial charge in [-0.3, -0.25) is 0 Å². The van der Waals surface area contributed by atoms with Crippen LogP contribution in [0.2, 0.25) is 0 Å². The van der Waals surface area contributed by atoms with Gasteiger partial charge in [0.1, 0.15) is 16.4 Å². The number of anilines is 1. The minimum absolute atomic E-state index is 0.0906. The molecule has 0 atom stereocenters. The van der Waals surface area contributed by atoms with E-state index in [4.69, 9.17) is 20.3 Å². The fourth-order valence-electron chi connectivity index (χ4n) is 1.62. The van der Waals surface area contributed by atoms with Gasteiger partial charge in [-0.15, -0.1) is 0 Å². The van der Waals surface area contributed by atoms with Crippen LogP contribution in [0.5, 0.6) is 11.5 Å². The standard InChI is InChI=1S/C12H12N2O4S/c1-17-7-3-6(4-8(5-7)18-2)9-10(11(15)16)19-12(13)14-9/h3-5H,1-2H3,(H2,13,14)(H,15,16). The summed E-state index contributed by atoms with van der Waals surface area (Å²) in [5, 5.41) is 9.35. The predicted octanol–water partition coefficient (Wildman–Crippen LogP) is 2.11. The highest BCUT2D eigenvalue weighted by Gasteiger charge is 2.19. The average molecular weight is 280 g/mol. The van der Waals surface area contributed by atoms with Gasteiger partial charge in [-0.2, -0.15) is 0 Å². The Hall–Kier alpha value is -2.28. The van der Waals surface area contributed by atoms with E-state index in [1.54, 1.807) is 18.2 Å². The Morgan fingerprint density at radius 1 is 1.26 bits per heavy atom. The van der Waals surface area contributed by atoms with Crippen LogP contribution in [-0.4, -0.2) is 30.3 Å². The van der Waals surface area contributed by atoms with E-state index in [0.717, 1.165) is 11.3 Å². The molecule has 0 radical (unpaired) electrons. The second-order valence-corrected chi connectivity index (χ2v) is 4.67. The summed E-state index contributed by atoms with van der Waals surface area (Å²) < 4.78 is 10.3. The molecule has 19 heavy (non-hydrogen) atoms. The fraction of sp³-hybridized carbons (Fsp3) is 0.167. The number of carbonyl (C=O) groups is 1. The molecule has 1 aromatic carbocycles. The lowest BCUT2D eigenvalue weighted by Gasteiger charge is -2.07. The molecule has 2 aromatic rings. The number of nitrogen functional groups attached to an aromatic ring is 1. The zero-order valence-electron chi connectivity index (χ0n) is 10.3. The molecular weight excluding hydrogens is 268 g/mol. The number of hydrogen-bond donors (Lipinski definition) is 2. The molecule has 1 aromatic heterocycles. The van der Waals surface area contributed by atoms with Crippen LogP contribution < -0.4 is 15.2 Å². The van der Waals surface area contributed by atoms with Crippen molar-refractivity contribution in [1.82, 2.24) is 4.98 Å². The molecule has 0 aliphatic carbocycles. The van der Waals surface area contributed by atoms with Gasteiger partial charge in [0.05, 0.1) is 19.9 Å². The van der Waals surface area contributed by atoms with E-state index in [0.29, 0.717) is 22.8 Å². The predicted molar refractivity (Wildman–Crippen MR) is 72.0 cm³/mol. The summed E-state index contributed by atoms with van der Waals surface area (Å²) in [5.41, 5.74) is 6.47. The third-order valence-corrected chi connectivity index (χ3v) is 3.34. The number of aromatic nitrogens is 1. The number of nitrogens with zero attached hydrogens (tertiary/aromatic N) is 1. The summed E-state index contributed by atoms with van der Waals surface area (Å²) >= 11 is 0.930. The molecule has 0 unspecified atom stereocenters. The second kappa shape index (κ2) is 5.15. The molecule has 0 bridgehead atoms. The van der Waals surface area contributed by atoms with E-state index < -0.39 is 5.97 Å². The smallest absolute Gasteiger partial charge is 0.348 e. The van der Waals surface area contributed by atoms with Gasteiger partial charge >= 0.3 is 5.97 Å². The van der Waals surface area contributed by atoms with Gasteiger partial charge in [-0.25, -0.2) is 9.78 Å². The maximum Gasteiger partial charge on any atom is 0.348 e. The highest BCUT2D eigenvalue weighted by Crippen LogP contribution is 2.34. The number of nitrogens with two attached hydrogens (primary N) is 1. The van der Waals surface area contributed by atoms with Crippen molar-refractivity contribution in [2.24, 2.45) is 0 Å². The minimum atomic E-state index is -1.06. The van der Waals surface area contributed by atoms with Gasteiger partial charge < -0.3 is 20.3 Å². The number of methoxy groups -OCH3 is 2. The normalized spacial score (nSPS) is 10.2. The molecule has 0 fully saturated rings. The average Bonchev–Trinajstić information content (AvgIpc) is 2.80. The summed E-state index contributed by atoms with van der Waals surface area (Å²) in [6.45, 7) is 0. The first-order valence-corrected chi connectivity index (χ1v) is 6.10. The van der Waals surface area contributed by atoms with E-state index in [2.05, 4.69) is 4.98 Å². The number of carboxylic acid groups (broad SMARTS) is 1. The highest BCUT2D eigenvalue weighted by atomic mass is 32.1.